The maximum absolute atomic E-state index is 11.6. The Kier molecular flexibility index (Phi) is 6.19. The first-order chi connectivity index (χ1) is 9.49. The monoisotopic (exact) mass is 300 g/mol. The van der Waals surface area contributed by atoms with E-state index in [0.717, 1.165) is 0 Å². The first-order valence-electron chi connectivity index (χ1n) is 6.01. The molecule has 0 atom stereocenters. The minimum atomic E-state index is -1.29. The van der Waals surface area contributed by atoms with Gasteiger partial charge in [-0.2, -0.15) is 0 Å². The molecule has 1 aliphatic rings. The summed E-state index contributed by atoms with van der Waals surface area (Å²) in [5.74, 6) is -1.49. The second kappa shape index (κ2) is 7.44. The third-order valence-electron chi connectivity index (χ3n) is 2.89. The van der Waals surface area contributed by atoms with E-state index in [1.807, 2.05) is 0 Å². The normalized spacial score (nSPS) is 12.8. The van der Waals surface area contributed by atoms with Crippen LogP contribution in [0.25, 0.3) is 0 Å². The van der Waals surface area contributed by atoms with Crippen LogP contribution in [0, 0.1) is 0 Å². The molecule has 0 fully saturated rings. The third-order valence-corrected chi connectivity index (χ3v) is 2.89. The van der Waals surface area contributed by atoms with E-state index < -0.39 is 11.9 Å². The van der Waals surface area contributed by atoms with Gasteiger partial charge in [-0.3, -0.25) is 9.59 Å². The van der Waals surface area contributed by atoms with Crippen LogP contribution in [0.1, 0.15) is 12.8 Å². The molecule has 0 saturated carbocycles. The summed E-state index contributed by atoms with van der Waals surface area (Å²) in [4.78, 5) is 35.0. The number of carboxylic acid groups (broad SMARTS) is 1. The molecular weight excluding hydrogens is 287 g/mol. The number of ether oxygens (including phenoxy) is 1. The van der Waals surface area contributed by atoms with Crippen molar-refractivity contribution in [2.75, 3.05) is 23.9 Å². The van der Waals surface area contributed by atoms with E-state index in [9.17, 15) is 19.5 Å². The summed E-state index contributed by atoms with van der Waals surface area (Å²) in [6.45, 7) is -0.0500. The largest absolute Gasteiger partial charge is 1.00 e. The van der Waals surface area contributed by atoms with Crippen molar-refractivity contribution in [2.24, 2.45) is 0 Å². The first-order valence-corrected chi connectivity index (χ1v) is 6.01. The Morgan fingerprint density at radius 3 is 2.76 bits per heavy atom. The Morgan fingerprint density at radius 1 is 1.38 bits per heavy atom. The molecule has 21 heavy (non-hydrogen) atoms. The summed E-state index contributed by atoms with van der Waals surface area (Å²) in [6.07, 6.45) is -0.545. The van der Waals surface area contributed by atoms with Crippen LogP contribution in [0.3, 0.4) is 0 Å². The molecule has 7 nitrogen and oxygen atoms in total. The van der Waals surface area contributed by atoms with Crippen molar-refractivity contribution in [3.63, 3.8) is 0 Å². The minimum Gasteiger partial charge on any atom is -0.550 e. The fourth-order valence-electron chi connectivity index (χ4n) is 1.87. The SMILES string of the molecule is CN1C(=O)COc2cccc(NC(=O)CCC(=O)[O-])c21.[Na+]. The molecule has 1 aliphatic heterocycles. The van der Waals surface area contributed by atoms with E-state index in [2.05, 4.69) is 5.32 Å². The van der Waals surface area contributed by atoms with Gasteiger partial charge in [0.15, 0.2) is 6.61 Å². The second-order valence-electron chi connectivity index (χ2n) is 4.31. The van der Waals surface area contributed by atoms with E-state index in [1.54, 1.807) is 25.2 Å². The van der Waals surface area contributed by atoms with Crippen LogP contribution in [-0.4, -0.2) is 31.4 Å². The number of hydrogen-bond acceptors (Lipinski definition) is 5. The number of benzene rings is 1. The second-order valence-corrected chi connectivity index (χ2v) is 4.31. The van der Waals surface area contributed by atoms with Crippen LogP contribution in [0.15, 0.2) is 18.2 Å². The quantitative estimate of drug-likeness (QED) is 0.582. The Hall–Kier alpha value is -1.57. The molecule has 0 radical (unpaired) electrons. The number of fused-ring (bicyclic) bond motifs is 1. The minimum absolute atomic E-state index is 0. The molecule has 0 saturated heterocycles. The Labute approximate surface area is 143 Å². The molecule has 8 heteroatoms. The molecule has 0 bridgehead atoms. The molecule has 0 aliphatic carbocycles. The number of carbonyl (C=O) groups is 3. The van der Waals surface area contributed by atoms with Gasteiger partial charge in [0.05, 0.1) is 5.69 Å². The van der Waals surface area contributed by atoms with E-state index >= 15 is 0 Å². The van der Waals surface area contributed by atoms with Crippen molar-refractivity contribution in [2.45, 2.75) is 12.8 Å². The Balaban J connectivity index is 0.00000220. The number of aliphatic carboxylic acids is 1. The number of likely N-dealkylation sites (N-methyl/N-ethyl adjacent to an activating group) is 1. The van der Waals surface area contributed by atoms with Crippen LogP contribution in [0.2, 0.25) is 0 Å². The predicted molar refractivity (Wildman–Crippen MR) is 68.2 cm³/mol. The first kappa shape index (κ1) is 17.5. The molecule has 1 N–H and O–H groups in total. The third kappa shape index (κ3) is 4.20. The molecule has 1 aromatic carbocycles. The summed E-state index contributed by atoms with van der Waals surface area (Å²) in [5, 5.41) is 12.9. The number of nitrogens with zero attached hydrogens (tertiary/aromatic N) is 1. The van der Waals surface area contributed by atoms with Crippen molar-refractivity contribution in [1.82, 2.24) is 0 Å². The van der Waals surface area contributed by atoms with Crippen LogP contribution in [0.4, 0.5) is 11.4 Å². The number of rotatable bonds is 4. The van der Waals surface area contributed by atoms with Crippen LogP contribution in [-0.2, 0) is 14.4 Å². The Morgan fingerprint density at radius 2 is 2.10 bits per heavy atom. The predicted octanol–water partition coefficient (Wildman–Crippen LogP) is -3.49. The van der Waals surface area contributed by atoms with Crippen molar-refractivity contribution >= 4 is 29.2 Å². The number of carbonyl (C=O) groups excluding carboxylic acids is 3. The number of nitrogens with one attached hydrogen (secondary N) is 1. The molecule has 0 unspecified atom stereocenters. The van der Waals surface area contributed by atoms with Gasteiger partial charge < -0.3 is 24.9 Å². The maximum Gasteiger partial charge on any atom is 1.00 e. The topological polar surface area (TPSA) is 98.8 Å². The fraction of sp³-hybridized carbons (Fsp3) is 0.308. The van der Waals surface area contributed by atoms with Crippen molar-refractivity contribution in [3.8, 4) is 5.75 Å². The molecule has 106 valence electrons. The molecule has 1 aromatic rings. The van der Waals surface area contributed by atoms with Gasteiger partial charge in [-0.15, -0.1) is 0 Å². The zero-order valence-electron chi connectivity index (χ0n) is 11.8. The van der Waals surface area contributed by atoms with Crippen molar-refractivity contribution in [1.29, 1.82) is 0 Å². The molecule has 1 heterocycles. The fourth-order valence-corrected chi connectivity index (χ4v) is 1.87. The maximum atomic E-state index is 11.6. The van der Waals surface area contributed by atoms with Gasteiger partial charge in [-0.05, 0) is 18.6 Å². The zero-order chi connectivity index (χ0) is 14.7. The van der Waals surface area contributed by atoms with Crippen molar-refractivity contribution in [3.05, 3.63) is 18.2 Å². The molecule has 0 aromatic heterocycles. The Bertz CT molecular complexity index is 576. The van der Waals surface area contributed by atoms with E-state index in [4.69, 9.17) is 4.74 Å². The van der Waals surface area contributed by atoms with Crippen LogP contribution in [0.5, 0.6) is 5.75 Å². The van der Waals surface area contributed by atoms with Gasteiger partial charge in [0, 0.05) is 19.4 Å². The smallest absolute Gasteiger partial charge is 0.550 e. The van der Waals surface area contributed by atoms with Gasteiger partial charge in [0.2, 0.25) is 5.91 Å². The van der Waals surface area contributed by atoms with Gasteiger partial charge in [0.25, 0.3) is 5.91 Å². The van der Waals surface area contributed by atoms with Crippen molar-refractivity contribution < 1.29 is 53.8 Å². The molecule has 2 amide bonds. The van der Waals surface area contributed by atoms with Crippen LogP contribution < -0.4 is 49.6 Å². The number of amides is 2. The molecular formula is C13H13N2NaO5. The molecule has 0 spiro atoms. The van der Waals surface area contributed by atoms with Gasteiger partial charge in [-0.25, -0.2) is 0 Å². The summed E-state index contributed by atoms with van der Waals surface area (Å²) >= 11 is 0. The average Bonchev–Trinajstić information content (AvgIpc) is 2.41. The van der Waals surface area contributed by atoms with Gasteiger partial charge >= 0.3 is 29.6 Å². The van der Waals surface area contributed by atoms with E-state index in [0.29, 0.717) is 17.1 Å². The zero-order valence-corrected chi connectivity index (χ0v) is 13.8. The van der Waals surface area contributed by atoms with Crippen LogP contribution >= 0.6 is 0 Å². The molecule has 2 rings (SSSR count). The van der Waals surface area contributed by atoms with Gasteiger partial charge in [-0.1, -0.05) is 6.07 Å². The number of hydrogen-bond donors (Lipinski definition) is 1. The summed E-state index contributed by atoms with van der Waals surface area (Å²) in [5.41, 5.74) is 0.868. The summed E-state index contributed by atoms with van der Waals surface area (Å²) in [7, 11) is 1.58. The van der Waals surface area contributed by atoms with E-state index in [1.165, 1.54) is 4.90 Å². The summed E-state index contributed by atoms with van der Waals surface area (Å²) in [6, 6.07) is 4.99. The number of anilines is 2. The average molecular weight is 300 g/mol. The number of para-hydroxylation sites is 1. The van der Waals surface area contributed by atoms with E-state index in [-0.39, 0.29) is 54.9 Å². The summed E-state index contributed by atoms with van der Waals surface area (Å²) < 4.78 is 5.28. The number of carboxylic acids is 1. The standard InChI is InChI=1S/C13H14N2O5.Na/c1-15-11(17)7-20-9-4-2-3-8(13(9)15)14-10(16)5-6-12(18)19;/h2-4H,5-7H2,1H3,(H,14,16)(H,18,19);/q;+1/p-1. The van der Waals surface area contributed by atoms with Gasteiger partial charge in [0.1, 0.15) is 11.4 Å².